The summed E-state index contributed by atoms with van der Waals surface area (Å²) in [7, 11) is 0. The highest BCUT2D eigenvalue weighted by Crippen LogP contribution is 2.30. The van der Waals surface area contributed by atoms with E-state index in [0.29, 0.717) is 6.04 Å². The Morgan fingerprint density at radius 1 is 1.24 bits per heavy atom. The molecule has 0 aliphatic carbocycles. The number of amides is 1. The van der Waals surface area contributed by atoms with E-state index in [1.54, 1.807) is 0 Å². The van der Waals surface area contributed by atoms with Crippen molar-refractivity contribution in [1.82, 2.24) is 15.5 Å². The number of fused-ring (bicyclic) bond motifs is 1. The van der Waals surface area contributed by atoms with Gasteiger partial charge in [-0.25, -0.2) is 0 Å². The van der Waals surface area contributed by atoms with Crippen LogP contribution in [-0.4, -0.2) is 55.2 Å². The van der Waals surface area contributed by atoms with Crippen LogP contribution in [0.3, 0.4) is 0 Å². The van der Waals surface area contributed by atoms with Crippen LogP contribution in [0.15, 0.2) is 24.3 Å². The van der Waals surface area contributed by atoms with Crippen LogP contribution in [-0.2, 0) is 9.53 Å². The van der Waals surface area contributed by atoms with E-state index in [1.165, 1.54) is 12.0 Å². The van der Waals surface area contributed by atoms with Gasteiger partial charge in [0.05, 0.1) is 18.8 Å². The molecule has 1 aromatic rings. The lowest BCUT2D eigenvalue weighted by Gasteiger charge is -2.35. The number of ether oxygens (including phenoxy) is 1. The van der Waals surface area contributed by atoms with Gasteiger partial charge in [-0.05, 0) is 43.5 Å². The van der Waals surface area contributed by atoms with E-state index in [4.69, 9.17) is 16.3 Å². The molecule has 1 aromatic carbocycles. The highest BCUT2D eigenvalue weighted by molar-refractivity contribution is 6.30. The lowest BCUT2D eigenvalue weighted by atomic mass is 10.0. The van der Waals surface area contributed by atoms with Crippen LogP contribution in [0.25, 0.3) is 0 Å². The number of hydrogen-bond donors (Lipinski definition) is 2. The van der Waals surface area contributed by atoms with Gasteiger partial charge in [-0.1, -0.05) is 30.2 Å². The van der Waals surface area contributed by atoms with Crippen molar-refractivity contribution in [3.05, 3.63) is 34.9 Å². The maximum absolute atomic E-state index is 12.4. The summed E-state index contributed by atoms with van der Waals surface area (Å²) in [5.41, 5.74) is 1.17. The Hall–Kier alpha value is -1.14. The molecule has 0 radical (unpaired) electrons. The Bertz CT molecular complexity index is 603. The van der Waals surface area contributed by atoms with Gasteiger partial charge in [-0.3, -0.25) is 9.69 Å². The average Bonchev–Trinajstić information content (AvgIpc) is 3.04. The maximum atomic E-state index is 12.4. The first-order chi connectivity index (χ1) is 12.2. The van der Waals surface area contributed by atoms with Crippen LogP contribution in [0.2, 0.25) is 5.02 Å². The quantitative estimate of drug-likeness (QED) is 0.863. The number of morpholine rings is 1. The van der Waals surface area contributed by atoms with E-state index in [9.17, 15) is 4.79 Å². The van der Waals surface area contributed by atoms with E-state index < -0.39 is 0 Å². The van der Waals surface area contributed by atoms with Crippen LogP contribution in [0.5, 0.6) is 0 Å². The minimum Gasteiger partial charge on any atom is -0.371 e. The van der Waals surface area contributed by atoms with Crippen molar-refractivity contribution in [1.29, 1.82) is 0 Å². The molecule has 2 N–H and O–H groups in total. The van der Waals surface area contributed by atoms with Crippen LogP contribution in [0, 0.1) is 0 Å². The number of benzene rings is 1. The molecule has 5 nitrogen and oxygen atoms in total. The Kier molecular flexibility index (Phi) is 5.27. The minimum atomic E-state index is -0.00977. The van der Waals surface area contributed by atoms with Crippen molar-refractivity contribution in [2.45, 2.75) is 49.9 Å². The number of nitrogens with zero attached hydrogens (tertiary/aromatic N) is 1. The molecular weight excluding hydrogens is 338 g/mol. The molecule has 3 saturated heterocycles. The normalized spacial score (nSPS) is 33.0. The number of nitrogens with one attached hydrogen (secondary N) is 2. The van der Waals surface area contributed by atoms with Gasteiger partial charge in [-0.2, -0.15) is 0 Å². The predicted octanol–water partition coefficient (Wildman–Crippen LogP) is 2.11. The van der Waals surface area contributed by atoms with Gasteiger partial charge >= 0.3 is 0 Å². The van der Waals surface area contributed by atoms with Gasteiger partial charge in [-0.15, -0.1) is 0 Å². The summed E-state index contributed by atoms with van der Waals surface area (Å²) in [6.45, 7) is 3.46. The fourth-order valence-corrected chi connectivity index (χ4v) is 4.36. The molecule has 3 aliphatic rings. The van der Waals surface area contributed by atoms with Crippen LogP contribution < -0.4 is 10.6 Å². The second-order valence-corrected chi connectivity index (χ2v) is 7.86. The fourth-order valence-electron chi connectivity index (χ4n) is 4.24. The summed E-state index contributed by atoms with van der Waals surface area (Å²) >= 11 is 5.97. The molecule has 25 heavy (non-hydrogen) atoms. The first-order valence-corrected chi connectivity index (χ1v) is 9.72. The minimum absolute atomic E-state index is 0.00977. The molecule has 6 heteroatoms. The maximum Gasteiger partial charge on any atom is 0.237 e. The molecule has 0 saturated carbocycles. The zero-order valence-corrected chi connectivity index (χ0v) is 15.2. The van der Waals surface area contributed by atoms with Gasteiger partial charge in [0, 0.05) is 30.2 Å². The van der Waals surface area contributed by atoms with Gasteiger partial charge in [0.1, 0.15) is 0 Å². The molecular formula is C19H26ClN3O2. The predicted molar refractivity (Wildman–Crippen MR) is 97.7 cm³/mol. The van der Waals surface area contributed by atoms with Crippen molar-refractivity contribution in [2.24, 2.45) is 0 Å². The summed E-state index contributed by atoms with van der Waals surface area (Å²) < 4.78 is 6.08. The fraction of sp³-hybridized carbons (Fsp3) is 0.632. The number of piperidine rings is 1. The molecule has 136 valence electrons. The van der Waals surface area contributed by atoms with Gasteiger partial charge in [0.25, 0.3) is 0 Å². The Morgan fingerprint density at radius 2 is 2.08 bits per heavy atom. The summed E-state index contributed by atoms with van der Waals surface area (Å²) in [4.78, 5) is 14.9. The van der Waals surface area contributed by atoms with E-state index in [-0.39, 0.29) is 24.1 Å². The summed E-state index contributed by atoms with van der Waals surface area (Å²) in [6, 6.07) is 8.54. The molecule has 0 spiro atoms. The van der Waals surface area contributed by atoms with E-state index in [0.717, 1.165) is 50.5 Å². The third-order valence-electron chi connectivity index (χ3n) is 5.63. The largest absolute Gasteiger partial charge is 0.371 e. The zero-order chi connectivity index (χ0) is 17.2. The number of rotatable bonds is 3. The molecule has 0 aromatic heterocycles. The molecule has 3 fully saturated rings. The molecule has 4 atom stereocenters. The van der Waals surface area contributed by atoms with Gasteiger partial charge in [0.15, 0.2) is 0 Å². The topological polar surface area (TPSA) is 53.6 Å². The number of carbonyl (C=O) groups is 1. The highest BCUT2D eigenvalue weighted by atomic mass is 35.5. The van der Waals surface area contributed by atoms with Gasteiger partial charge in [0.2, 0.25) is 5.91 Å². The smallest absolute Gasteiger partial charge is 0.237 e. The Balaban J connectivity index is 1.32. The second kappa shape index (κ2) is 7.62. The third-order valence-corrected chi connectivity index (χ3v) is 5.88. The monoisotopic (exact) mass is 363 g/mol. The summed E-state index contributed by atoms with van der Waals surface area (Å²) in [5, 5.41) is 7.33. The van der Waals surface area contributed by atoms with Crippen molar-refractivity contribution < 1.29 is 9.53 Å². The molecule has 0 unspecified atom stereocenters. The van der Waals surface area contributed by atoms with Crippen molar-refractivity contribution >= 4 is 17.5 Å². The van der Waals surface area contributed by atoms with Crippen LogP contribution in [0.4, 0.5) is 0 Å². The average molecular weight is 364 g/mol. The lowest BCUT2D eigenvalue weighted by molar-refractivity contribution is -0.124. The van der Waals surface area contributed by atoms with Crippen LogP contribution in [0.1, 0.15) is 37.4 Å². The van der Waals surface area contributed by atoms with Crippen molar-refractivity contribution in [3.8, 4) is 0 Å². The Labute approximate surface area is 154 Å². The molecule has 3 aliphatic heterocycles. The van der Waals surface area contributed by atoms with E-state index >= 15 is 0 Å². The molecule has 0 bridgehead atoms. The first-order valence-electron chi connectivity index (χ1n) is 9.34. The summed E-state index contributed by atoms with van der Waals surface area (Å²) in [6.07, 6.45) is 4.33. The number of hydrogen-bond acceptors (Lipinski definition) is 4. The van der Waals surface area contributed by atoms with Gasteiger partial charge < -0.3 is 15.4 Å². The standard InChI is InChI=1S/C19H26ClN3O2/c20-14-6-4-13(5-7-14)18-11-23-10-15(9-16(23)12-25-18)22-19(24)17-3-1-2-8-21-17/h4-7,15-18,21H,1-3,8-12H2,(H,22,24)/t15-,16+,17-,18-/m1/s1. The van der Waals surface area contributed by atoms with Crippen molar-refractivity contribution in [2.75, 3.05) is 26.2 Å². The van der Waals surface area contributed by atoms with Crippen LogP contribution >= 0.6 is 11.6 Å². The molecule has 1 amide bonds. The summed E-state index contributed by atoms with van der Waals surface area (Å²) in [5.74, 6) is 0.166. The molecule has 4 rings (SSSR count). The third kappa shape index (κ3) is 4.00. The highest BCUT2D eigenvalue weighted by Gasteiger charge is 2.38. The number of halogens is 1. The zero-order valence-electron chi connectivity index (χ0n) is 14.4. The number of carbonyl (C=O) groups excluding carboxylic acids is 1. The molecule has 3 heterocycles. The van der Waals surface area contributed by atoms with E-state index in [2.05, 4.69) is 15.5 Å². The van der Waals surface area contributed by atoms with E-state index in [1.807, 2.05) is 24.3 Å². The first kappa shape index (κ1) is 17.3. The van der Waals surface area contributed by atoms with Crippen molar-refractivity contribution in [3.63, 3.8) is 0 Å². The Morgan fingerprint density at radius 3 is 2.84 bits per heavy atom. The SMILES string of the molecule is O=C(N[C@@H]1C[C@H]2CO[C@@H](c3ccc(Cl)cc3)CN2C1)[C@H]1CCCCN1. The second-order valence-electron chi connectivity index (χ2n) is 7.42. The lowest BCUT2D eigenvalue weighted by Crippen LogP contribution is -2.50.